The highest BCUT2D eigenvalue weighted by molar-refractivity contribution is 5.67. The Bertz CT molecular complexity index is 327. The van der Waals surface area contributed by atoms with Crippen molar-refractivity contribution in [3.8, 4) is 0 Å². The van der Waals surface area contributed by atoms with Crippen molar-refractivity contribution in [3.63, 3.8) is 0 Å². The Labute approximate surface area is 102 Å². The zero-order chi connectivity index (χ0) is 12.5. The molecule has 0 aliphatic heterocycles. The molecule has 0 aliphatic carbocycles. The molecule has 0 aliphatic rings. The fourth-order valence-corrected chi connectivity index (χ4v) is 1.48. The Balaban J connectivity index is 2.56. The first-order valence-corrected chi connectivity index (χ1v) is 5.93. The van der Waals surface area contributed by atoms with Gasteiger partial charge in [-0.25, -0.2) is 4.79 Å². The minimum atomic E-state index is -0.291. The van der Waals surface area contributed by atoms with E-state index in [-0.39, 0.29) is 6.09 Å². The average molecular weight is 236 g/mol. The van der Waals surface area contributed by atoms with E-state index < -0.39 is 0 Å². The molecule has 0 bridgehead atoms. The number of amides is 1. The first-order valence-electron chi connectivity index (χ1n) is 5.93. The summed E-state index contributed by atoms with van der Waals surface area (Å²) in [6.45, 7) is 3.92. The van der Waals surface area contributed by atoms with E-state index in [9.17, 15) is 4.79 Å². The van der Waals surface area contributed by atoms with Crippen LogP contribution in [0.25, 0.3) is 0 Å². The molecular weight excluding hydrogens is 216 g/mol. The molecule has 1 aromatic rings. The molecule has 0 unspecified atom stereocenters. The highest BCUT2D eigenvalue weighted by Crippen LogP contribution is 2.05. The molecule has 0 aromatic heterocycles. The first-order chi connectivity index (χ1) is 8.27. The summed E-state index contributed by atoms with van der Waals surface area (Å²) in [4.78, 5) is 13.4. The third-order valence-electron chi connectivity index (χ3n) is 2.30. The van der Waals surface area contributed by atoms with Gasteiger partial charge in [0.2, 0.25) is 0 Å². The number of benzene rings is 1. The predicted molar refractivity (Wildman–Crippen MR) is 67.5 cm³/mol. The molecule has 0 saturated heterocycles. The molecule has 0 heterocycles. The number of hydrogen-bond acceptors (Lipinski definition) is 3. The quantitative estimate of drug-likeness (QED) is 0.821. The molecule has 1 aromatic carbocycles. The van der Waals surface area contributed by atoms with Crippen LogP contribution in [0.1, 0.15) is 18.9 Å². The van der Waals surface area contributed by atoms with E-state index in [1.807, 2.05) is 37.3 Å². The molecule has 2 N–H and O–H groups in total. The second kappa shape index (κ2) is 7.68. The fourth-order valence-electron chi connectivity index (χ4n) is 1.48. The molecule has 4 nitrogen and oxygen atoms in total. The van der Waals surface area contributed by atoms with Crippen molar-refractivity contribution in [2.75, 3.05) is 19.7 Å². The lowest BCUT2D eigenvalue weighted by atomic mass is 10.2. The van der Waals surface area contributed by atoms with Gasteiger partial charge in [0.05, 0.1) is 6.61 Å². The summed E-state index contributed by atoms with van der Waals surface area (Å²) in [6, 6.07) is 9.82. The van der Waals surface area contributed by atoms with Gasteiger partial charge in [-0.05, 0) is 12.0 Å². The Kier molecular flexibility index (Phi) is 6.10. The van der Waals surface area contributed by atoms with Crippen molar-refractivity contribution in [3.05, 3.63) is 35.9 Å². The SMILES string of the molecule is CCCOC(=O)N(CCN)Cc1ccccc1. The summed E-state index contributed by atoms with van der Waals surface area (Å²) in [6.07, 6.45) is 0.536. The Morgan fingerprint density at radius 3 is 2.65 bits per heavy atom. The number of carbonyl (C=O) groups is 1. The highest BCUT2D eigenvalue weighted by atomic mass is 16.6. The van der Waals surface area contributed by atoms with Gasteiger partial charge < -0.3 is 15.4 Å². The van der Waals surface area contributed by atoms with Gasteiger partial charge in [-0.1, -0.05) is 37.3 Å². The summed E-state index contributed by atoms with van der Waals surface area (Å²) in [5.41, 5.74) is 6.58. The van der Waals surface area contributed by atoms with Crippen LogP contribution in [0.15, 0.2) is 30.3 Å². The molecule has 0 spiro atoms. The van der Waals surface area contributed by atoms with Crippen molar-refractivity contribution in [1.29, 1.82) is 0 Å². The molecule has 0 fully saturated rings. The van der Waals surface area contributed by atoms with E-state index >= 15 is 0 Å². The Morgan fingerprint density at radius 1 is 1.35 bits per heavy atom. The van der Waals surface area contributed by atoms with Crippen molar-refractivity contribution in [2.45, 2.75) is 19.9 Å². The maximum atomic E-state index is 11.7. The monoisotopic (exact) mass is 236 g/mol. The van der Waals surface area contributed by atoms with Gasteiger partial charge in [-0.2, -0.15) is 0 Å². The Morgan fingerprint density at radius 2 is 2.06 bits per heavy atom. The number of nitrogens with zero attached hydrogens (tertiary/aromatic N) is 1. The largest absolute Gasteiger partial charge is 0.449 e. The maximum absolute atomic E-state index is 11.7. The summed E-state index contributed by atoms with van der Waals surface area (Å²) < 4.78 is 5.11. The van der Waals surface area contributed by atoms with Crippen LogP contribution < -0.4 is 5.73 Å². The maximum Gasteiger partial charge on any atom is 0.410 e. The lowest BCUT2D eigenvalue weighted by Crippen LogP contribution is -2.35. The number of nitrogens with two attached hydrogens (primary N) is 1. The van der Waals surface area contributed by atoms with E-state index in [4.69, 9.17) is 10.5 Å². The standard InChI is InChI=1S/C13H20N2O2/c1-2-10-17-13(16)15(9-8-14)11-12-6-4-3-5-7-12/h3-7H,2,8-11,14H2,1H3. The van der Waals surface area contributed by atoms with Crippen LogP contribution >= 0.6 is 0 Å². The summed E-state index contributed by atoms with van der Waals surface area (Å²) in [7, 11) is 0. The predicted octanol–water partition coefficient (Wildman–Crippen LogP) is 1.99. The third kappa shape index (κ3) is 4.87. The van der Waals surface area contributed by atoms with Gasteiger partial charge in [-0.3, -0.25) is 0 Å². The smallest absolute Gasteiger partial charge is 0.410 e. The molecule has 0 atom stereocenters. The lowest BCUT2D eigenvalue weighted by Gasteiger charge is -2.21. The first kappa shape index (κ1) is 13.5. The zero-order valence-electron chi connectivity index (χ0n) is 10.3. The van der Waals surface area contributed by atoms with E-state index in [0.717, 1.165) is 12.0 Å². The minimum absolute atomic E-state index is 0.291. The van der Waals surface area contributed by atoms with E-state index in [2.05, 4.69) is 0 Å². The molecule has 4 heteroatoms. The van der Waals surface area contributed by atoms with E-state index in [1.54, 1.807) is 4.90 Å². The van der Waals surface area contributed by atoms with Gasteiger partial charge in [-0.15, -0.1) is 0 Å². The highest BCUT2D eigenvalue weighted by Gasteiger charge is 2.13. The second-order valence-electron chi connectivity index (χ2n) is 3.81. The van der Waals surface area contributed by atoms with Gasteiger partial charge in [0.15, 0.2) is 0 Å². The van der Waals surface area contributed by atoms with Crippen LogP contribution in [0.5, 0.6) is 0 Å². The van der Waals surface area contributed by atoms with Gasteiger partial charge >= 0.3 is 6.09 Å². The molecule has 94 valence electrons. The molecule has 1 amide bonds. The minimum Gasteiger partial charge on any atom is -0.449 e. The van der Waals surface area contributed by atoms with Gasteiger partial charge in [0.25, 0.3) is 0 Å². The topological polar surface area (TPSA) is 55.6 Å². The van der Waals surface area contributed by atoms with Crippen molar-refractivity contribution in [1.82, 2.24) is 4.90 Å². The molecule has 1 rings (SSSR count). The van der Waals surface area contributed by atoms with Gasteiger partial charge in [0, 0.05) is 19.6 Å². The lowest BCUT2D eigenvalue weighted by molar-refractivity contribution is 0.101. The second-order valence-corrected chi connectivity index (χ2v) is 3.81. The fraction of sp³-hybridized carbons (Fsp3) is 0.462. The van der Waals surface area contributed by atoms with E-state index in [0.29, 0.717) is 26.2 Å². The molecule has 0 saturated carbocycles. The average Bonchev–Trinajstić information content (AvgIpc) is 2.36. The van der Waals surface area contributed by atoms with Crippen LogP contribution in [0.4, 0.5) is 4.79 Å². The number of carbonyl (C=O) groups excluding carboxylic acids is 1. The van der Waals surface area contributed by atoms with Crippen molar-refractivity contribution in [2.24, 2.45) is 5.73 Å². The molecular formula is C13H20N2O2. The van der Waals surface area contributed by atoms with Crippen LogP contribution in [-0.2, 0) is 11.3 Å². The summed E-state index contributed by atoms with van der Waals surface area (Å²) >= 11 is 0. The van der Waals surface area contributed by atoms with Crippen LogP contribution in [-0.4, -0.2) is 30.7 Å². The van der Waals surface area contributed by atoms with Crippen LogP contribution in [0.3, 0.4) is 0 Å². The summed E-state index contributed by atoms with van der Waals surface area (Å²) in [5, 5.41) is 0. The van der Waals surface area contributed by atoms with Crippen molar-refractivity contribution >= 4 is 6.09 Å². The number of ether oxygens (including phenoxy) is 1. The van der Waals surface area contributed by atoms with Crippen molar-refractivity contribution < 1.29 is 9.53 Å². The van der Waals surface area contributed by atoms with Crippen LogP contribution in [0, 0.1) is 0 Å². The Hall–Kier alpha value is -1.55. The molecule has 0 radical (unpaired) electrons. The van der Waals surface area contributed by atoms with E-state index in [1.165, 1.54) is 0 Å². The normalized spacial score (nSPS) is 10.0. The summed E-state index contributed by atoms with van der Waals surface area (Å²) in [5.74, 6) is 0. The van der Waals surface area contributed by atoms with Crippen LogP contribution in [0.2, 0.25) is 0 Å². The van der Waals surface area contributed by atoms with Gasteiger partial charge in [0.1, 0.15) is 0 Å². The molecule has 17 heavy (non-hydrogen) atoms. The third-order valence-corrected chi connectivity index (χ3v) is 2.30. The number of hydrogen-bond donors (Lipinski definition) is 1. The zero-order valence-corrected chi connectivity index (χ0v) is 10.3. The number of rotatable bonds is 6.